The van der Waals surface area contributed by atoms with E-state index in [9.17, 15) is 19.2 Å². The fourth-order valence-electron chi connectivity index (χ4n) is 4.08. The van der Waals surface area contributed by atoms with Gasteiger partial charge in [-0.05, 0) is 42.5 Å². The molecule has 0 saturated carbocycles. The molecule has 1 aliphatic rings. The smallest absolute Gasteiger partial charge is 0.289 e. The number of ketones is 1. The summed E-state index contributed by atoms with van der Waals surface area (Å²) in [7, 11) is 0. The molecule has 0 aliphatic carbocycles. The number of likely N-dealkylation sites (tertiary alicyclic amines) is 1. The molecule has 190 valence electrons. The lowest BCUT2D eigenvalue weighted by Crippen LogP contribution is -2.53. The maximum Gasteiger partial charge on any atom is 0.289 e. The van der Waals surface area contributed by atoms with Crippen LogP contribution < -0.4 is 10.6 Å². The van der Waals surface area contributed by atoms with Crippen LogP contribution in [0.2, 0.25) is 0 Å². The van der Waals surface area contributed by atoms with Crippen LogP contribution in [0, 0.1) is 11.8 Å². The standard InChI is InChI=1S/C28H34N4O4/c1-20(2)25(26(34)28(36)30-17-13-23-10-6-7-16-29-23)31-27(35)22-14-18-32(19-15-22)24(33)12-11-21-8-4-3-5-9-21/h3-12,16,20,22,25H,13-15,17-19H2,1-2H3,(H,30,36)(H,31,35)/b12-11+. The molecular formula is C28H34N4O4. The zero-order valence-electron chi connectivity index (χ0n) is 20.9. The molecule has 2 heterocycles. The van der Waals surface area contributed by atoms with Gasteiger partial charge >= 0.3 is 0 Å². The van der Waals surface area contributed by atoms with E-state index in [0.717, 1.165) is 11.3 Å². The molecule has 0 bridgehead atoms. The van der Waals surface area contributed by atoms with Crippen LogP contribution in [0.3, 0.4) is 0 Å². The van der Waals surface area contributed by atoms with Gasteiger partial charge in [-0.3, -0.25) is 24.2 Å². The van der Waals surface area contributed by atoms with Crippen molar-refractivity contribution in [2.24, 2.45) is 11.8 Å². The summed E-state index contributed by atoms with van der Waals surface area (Å²) >= 11 is 0. The summed E-state index contributed by atoms with van der Waals surface area (Å²) in [5.74, 6) is -2.26. The van der Waals surface area contributed by atoms with Gasteiger partial charge in [0.05, 0.1) is 6.04 Å². The molecule has 8 heteroatoms. The minimum Gasteiger partial charge on any atom is -0.349 e. The predicted molar refractivity (Wildman–Crippen MR) is 138 cm³/mol. The minimum absolute atomic E-state index is 0.0877. The van der Waals surface area contributed by atoms with Crippen molar-refractivity contribution >= 4 is 29.6 Å². The van der Waals surface area contributed by atoms with Crippen LogP contribution in [0.1, 0.15) is 37.9 Å². The van der Waals surface area contributed by atoms with E-state index in [1.807, 2.05) is 48.5 Å². The van der Waals surface area contributed by atoms with Gasteiger partial charge in [-0.2, -0.15) is 0 Å². The number of carbonyl (C=O) groups excluding carboxylic acids is 4. The van der Waals surface area contributed by atoms with Gasteiger partial charge in [0.1, 0.15) is 0 Å². The van der Waals surface area contributed by atoms with E-state index in [2.05, 4.69) is 15.6 Å². The van der Waals surface area contributed by atoms with Crippen LogP contribution in [0.15, 0.2) is 60.8 Å². The Bertz CT molecular complexity index is 1060. The van der Waals surface area contributed by atoms with Gasteiger partial charge in [0.25, 0.3) is 5.91 Å². The third-order valence-corrected chi connectivity index (χ3v) is 6.26. The lowest BCUT2D eigenvalue weighted by Gasteiger charge is -2.32. The number of hydrogen-bond acceptors (Lipinski definition) is 5. The average Bonchev–Trinajstić information content (AvgIpc) is 2.91. The van der Waals surface area contributed by atoms with Crippen LogP contribution in [0.5, 0.6) is 0 Å². The van der Waals surface area contributed by atoms with Gasteiger partial charge in [0.15, 0.2) is 0 Å². The van der Waals surface area contributed by atoms with Gasteiger partial charge in [-0.15, -0.1) is 0 Å². The molecule has 1 saturated heterocycles. The summed E-state index contributed by atoms with van der Waals surface area (Å²) in [6, 6.07) is 14.2. The summed E-state index contributed by atoms with van der Waals surface area (Å²) in [5.41, 5.74) is 1.77. The first-order valence-corrected chi connectivity index (χ1v) is 12.4. The highest BCUT2D eigenvalue weighted by Gasteiger charge is 2.33. The van der Waals surface area contributed by atoms with Crippen molar-refractivity contribution < 1.29 is 19.2 Å². The molecule has 1 fully saturated rings. The first kappa shape index (κ1) is 26.8. The first-order chi connectivity index (χ1) is 17.3. The molecule has 1 aromatic carbocycles. The number of aromatic nitrogens is 1. The molecular weight excluding hydrogens is 456 g/mol. The van der Waals surface area contributed by atoms with Gasteiger partial charge in [0, 0.05) is 49.9 Å². The fourth-order valence-corrected chi connectivity index (χ4v) is 4.08. The fraction of sp³-hybridized carbons (Fsp3) is 0.393. The third kappa shape index (κ3) is 7.86. The van der Waals surface area contributed by atoms with E-state index in [4.69, 9.17) is 0 Å². The molecule has 1 aromatic heterocycles. The SMILES string of the molecule is CC(C)C(NC(=O)C1CCN(C(=O)/C=C/c2ccccc2)CC1)C(=O)C(=O)NCCc1ccccn1. The molecule has 1 aliphatic heterocycles. The molecule has 8 nitrogen and oxygen atoms in total. The lowest BCUT2D eigenvalue weighted by molar-refractivity contribution is -0.141. The molecule has 0 radical (unpaired) electrons. The van der Waals surface area contributed by atoms with Crippen molar-refractivity contribution in [1.29, 1.82) is 0 Å². The molecule has 2 N–H and O–H groups in total. The minimum atomic E-state index is -0.902. The molecule has 3 rings (SSSR count). The van der Waals surface area contributed by atoms with Gasteiger partial charge in [-0.25, -0.2) is 0 Å². The van der Waals surface area contributed by atoms with Crippen molar-refractivity contribution in [2.75, 3.05) is 19.6 Å². The van der Waals surface area contributed by atoms with E-state index in [-0.39, 0.29) is 30.2 Å². The largest absolute Gasteiger partial charge is 0.349 e. The average molecular weight is 491 g/mol. The second-order valence-electron chi connectivity index (χ2n) is 9.27. The van der Waals surface area contributed by atoms with Crippen LogP contribution in [0.25, 0.3) is 6.08 Å². The van der Waals surface area contributed by atoms with E-state index in [1.54, 1.807) is 37.1 Å². The van der Waals surface area contributed by atoms with E-state index >= 15 is 0 Å². The summed E-state index contributed by atoms with van der Waals surface area (Å²) in [6.07, 6.45) is 6.53. The number of nitrogens with one attached hydrogen (secondary N) is 2. The lowest BCUT2D eigenvalue weighted by atomic mass is 9.93. The molecule has 2 aromatic rings. The number of rotatable bonds is 10. The predicted octanol–water partition coefficient (Wildman–Crippen LogP) is 2.40. The Morgan fingerprint density at radius 2 is 1.72 bits per heavy atom. The number of nitrogens with zero attached hydrogens (tertiary/aromatic N) is 2. The van der Waals surface area contributed by atoms with Crippen molar-refractivity contribution in [3.8, 4) is 0 Å². The monoisotopic (exact) mass is 490 g/mol. The number of hydrogen-bond donors (Lipinski definition) is 2. The Morgan fingerprint density at radius 3 is 2.36 bits per heavy atom. The summed E-state index contributed by atoms with van der Waals surface area (Å²) < 4.78 is 0. The van der Waals surface area contributed by atoms with Crippen molar-refractivity contribution in [3.63, 3.8) is 0 Å². The summed E-state index contributed by atoms with van der Waals surface area (Å²) in [5, 5.41) is 5.42. The highest BCUT2D eigenvalue weighted by atomic mass is 16.2. The number of piperidine rings is 1. The molecule has 1 unspecified atom stereocenters. The zero-order chi connectivity index (χ0) is 25.9. The Balaban J connectivity index is 1.46. The molecule has 36 heavy (non-hydrogen) atoms. The van der Waals surface area contributed by atoms with Crippen molar-refractivity contribution in [1.82, 2.24) is 20.5 Å². The Kier molecular flexibility index (Phi) is 9.92. The quantitative estimate of drug-likeness (QED) is 0.393. The summed E-state index contributed by atoms with van der Waals surface area (Å²) in [4.78, 5) is 56.5. The van der Waals surface area contributed by atoms with Crippen LogP contribution >= 0.6 is 0 Å². The molecule has 0 spiro atoms. The summed E-state index contributed by atoms with van der Waals surface area (Å²) in [6.45, 7) is 4.80. The van der Waals surface area contributed by atoms with Crippen LogP contribution in [-0.2, 0) is 25.6 Å². The van der Waals surface area contributed by atoms with Crippen LogP contribution in [0.4, 0.5) is 0 Å². The first-order valence-electron chi connectivity index (χ1n) is 12.4. The number of benzene rings is 1. The highest BCUT2D eigenvalue weighted by Crippen LogP contribution is 2.19. The van der Waals surface area contributed by atoms with E-state index in [0.29, 0.717) is 32.4 Å². The van der Waals surface area contributed by atoms with Crippen LogP contribution in [-0.4, -0.2) is 59.1 Å². The van der Waals surface area contributed by atoms with Gasteiger partial charge in [-0.1, -0.05) is 50.2 Å². The third-order valence-electron chi connectivity index (χ3n) is 6.26. The molecule has 3 amide bonds. The maximum absolute atomic E-state index is 12.9. The van der Waals surface area contributed by atoms with E-state index in [1.165, 1.54) is 0 Å². The Hall–Kier alpha value is -3.81. The Labute approximate surface area is 212 Å². The van der Waals surface area contributed by atoms with E-state index < -0.39 is 17.7 Å². The van der Waals surface area contributed by atoms with Crippen molar-refractivity contribution in [2.45, 2.75) is 39.2 Å². The van der Waals surface area contributed by atoms with Gasteiger partial charge < -0.3 is 15.5 Å². The number of amides is 3. The number of Topliss-reactive ketones (excluding diaryl/α,β-unsaturated/α-hetero) is 1. The highest BCUT2D eigenvalue weighted by molar-refractivity contribution is 6.38. The zero-order valence-corrected chi connectivity index (χ0v) is 20.9. The maximum atomic E-state index is 12.9. The second-order valence-corrected chi connectivity index (χ2v) is 9.27. The number of pyridine rings is 1. The second kappa shape index (κ2) is 13.3. The normalized spacial score (nSPS) is 15.0. The Morgan fingerprint density at radius 1 is 1.03 bits per heavy atom. The number of carbonyl (C=O) groups is 4. The van der Waals surface area contributed by atoms with Crippen molar-refractivity contribution in [3.05, 3.63) is 72.1 Å². The molecule has 1 atom stereocenters. The van der Waals surface area contributed by atoms with Gasteiger partial charge in [0.2, 0.25) is 17.6 Å². The topological polar surface area (TPSA) is 108 Å².